The molecule has 0 unspecified atom stereocenters. The van der Waals surface area contributed by atoms with E-state index in [0.29, 0.717) is 50.2 Å². The molecule has 4 aliphatic heterocycles. The van der Waals surface area contributed by atoms with E-state index < -0.39 is 29.8 Å². The van der Waals surface area contributed by atoms with Gasteiger partial charge in [0.15, 0.2) is 0 Å². The first-order valence-corrected chi connectivity index (χ1v) is 19.3. The van der Waals surface area contributed by atoms with Gasteiger partial charge in [0.05, 0.1) is 43.3 Å². The van der Waals surface area contributed by atoms with Crippen molar-refractivity contribution in [1.82, 2.24) is 34.7 Å². The zero-order valence-electron chi connectivity index (χ0n) is 30.9. The van der Waals surface area contributed by atoms with Crippen molar-refractivity contribution in [3.63, 3.8) is 0 Å². The molecule has 6 heterocycles. The number of ether oxygens (including phenoxy) is 2. The SMILES string of the molecule is O=C(C[C@@H]1CCN2C[C@@H]1CCOc1cc(C(F)(F)F)cc(n1)-c1cccc(c1)C(=O)N1C[C@H](OCc3cn(Cc4ccccc4)nn3)C[C@H]1C2=O)N1CCCC1. The highest BCUT2D eigenvalue weighted by molar-refractivity contribution is 5.99. The second-order valence-electron chi connectivity index (χ2n) is 15.2. The maximum absolute atomic E-state index is 14.5. The molecule has 15 heteroatoms. The van der Waals surface area contributed by atoms with Crippen molar-refractivity contribution in [3.8, 4) is 17.1 Å². The highest BCUT2D eigenvalue weighted by atomic mass is 19.4. The molecule has 12 nitrogen and oxygen atoms in total. The number of pyridine rings is 1. The number of fused-ring (bicyclic) bond motifs is 8. The summed E-state index contributed by atoms with van der Waals surface area (Å²) >= 11 is 0. The van der Waals surface area contributed by atoms with Crippen molar-refractivity contribution < 1.29 is 37.0 Å². The Hall–Kier alpha value is -5.31. The highest BCUT2D eigenvalue weighted by Crippen LogP contribution is 2.36. The number of carbonyl (C=O) groups excluding carboxylic acids is 3. The predicted molar refractivity (Wildman–Crippen MR) is 197 cm³/mol. The molecule has 6 bridgehead atoms. The van der Waals surface area contributed by atoms with E-state index in [1.807, 2.05) is 35.2 Å². The molecule has 0 saturated carbocycles. The first-order valence-electron chi connectivity index (χ1n) is 19.3. The lowest BCUT2D eigenvalue weighted by atomic mass is 9.80. The number of benzene rings is 2. The normalized spacial score (nSPS) is 22.9. The Labute approximate surface area is 322 Å². The average Bonchev–Trinajstić information content (AvgIpc) is 3.99. The molecule has 4 aliphatic rings. The van der Waals surface area contributed by atoms with Crippen LogP contribution in [0.25, 0.3) is 11.3 Å². The summed E-state index contributed by atoms with van der Waals surface area (Å²) in [5.41, 5.74) is 1.27. The number of rotatable bonds is 7. The van der Waals surface area contributed by atoms with Crippen LogP contribution >= 0.6 is 0 Å². The van der Waals surface area contributed by atoms with Crippen molar-refractivity contribution in [2.75, 3.05) is 39.3 Å². The Kier molecular flexibility index (Phi) is 10.8. The summed E-state index contributed by atoms with van der Waals surface area (Å²) in [5.74, 6) is -0.958. The predicted octanol–water partition coefficient (Wildman–Crippen LogP) is 5.47. The number of amides is 3. The fourth-order valence-corrected chi connectivity index (χ4v) is 8.42. The smallest absolute Gasteiger partial charge is 0.416 e. The minimum atomic E-state index is -4.66. The quantitative estimate of drug-likeness (QED) is 0.243. The number of likely N-dealkylation sites (tertiary alicyclic amines) is 1. The van der Waals surface area contributed by atoms with Gasteiger partial charge in [0.1, 0.15) is 11.7 Å². The van der Waals surface area contributed by atoms with Crippen LogP contribution in [0.15, 0.2) is 72.9 Å². The monoisotopic (exact) mass is 771 g/mol. The molecular weight excluding hydrogens is 727 g/mol. The van der Waals surface area contributed by atoms with E-state index in [2.05, 4.69) is 15.3 Å². The molecule has 8 rings (SSSR count). The van der Waals surface area contributed by atoms with E-state index in [4.69, 9.17) is 9.47 Å². The van der Waals surface area contributed by atoms with Gasteiger partial charge >= 0.3 is 6.18 Å². The van der Waals surface area contributed by atoms with Crippen LogP contribution in [0, 0.1) is 11.8 Å². The standard InChI is InChI=1S/C41H44F3N7O5/c42-41(43,44)32-19-35-29-9-6-10-30(17-29)39(53)51-25-34(56-26-33-24-50(47-46-33)22-27-7-2-1-3-8-27)21-36(51)40(54)49-15-11-28(18-38(52)48-13-4-5-14-48)31(23-49)12-16-55-37(20-32)45-35/h1-3,6-10,17,19-20,24,28,31,34,36H,4-5,11-16,18,21-23,25-26H2/t28-,31-,34+,36-/m0/s1. The topological polar surface area (TPSA) is 123 Å². The lowest BCUT2D eigenvalue weighted by molar-refractivity contribution is -0.139. The van der Waals surface area contributed by atoms with Crippen LogP contribution in [0.1, 0.15) is 65.7 Å². The summed E-state index contributed by atoms with van der Waals surface area (Å²) in [5, 5.41) is 8.49. The first-order chi connectivity index (χ1) is 27.1. The summed E-state index contributed by atoms with van der Waals surface area (Å²) < 4.78 is 56.3. The fourth-order valence-electron chi connectivity index (χ4n) is 8.42. The lowest BCUT2D eigenvalue weighted by Crippen LogP contribution is -2.52. The molecule has 2 aromatic carbocycles. The molecule has 3 saturated heterocycles. The van der Waals surface area contributed by atoms with Crippen molar-refractivity contribution in [2.45, 2.75) is 70.0 Å². The number of halogens is 3. The van der Waals surface area contributed by atoms with Gasteiger partial charge in [-0.3, -0.25) is 14.4 Å². The number of hydrogen-bond donors (Lipinski definition) is 0. The Morgan fingerprint density at radius 3 is 2.54 bits per heavy atom. The molecule has 3 amide bonds. The maximum Gasteiger partial charge on any atom is 0.416 e. The Balaban J connectivity index is 1.07. The van der Waals surface area contributed by atoms with Gasteiger partial charge < -0.3 is 24.2 Å². The third kappa shape index (κ3) is 8.42. The zero-order chi connectivity index (χ0) is 38.8. The second kappa shape index (κ2) is 16.0. The van der Waals surface area contributed by atoms with Crippen molar-refractivity contribution >= 4 is 17.7 Å². The number of hydrogen-bond acceptors (Lipinski definition) is 8. The molecule has 2 aromatic heterocycles. The summed E-state index contributed by atoms with van der Waals surface area (Å²) in [6, 6.07) is 17.1. The molecule has 294 valence electrons. The van der Waals surface area contributed by atoms with E-state index in [-0.39, 0.29) is 67.0 Å². The first kappa shape index (κ1) is 37.6. The molecule has 0 radical (unpaired) electrons. The molecule has 0 spiro atoms. The fraction of sp³-hybridized carbons (Fsp3) is 0.463. The van der Waals surface area contributed by atoms with Crippen LogP contribution in [0.4, 0.5) is 13.2 Å². The third-order valence-electron chi connectivity index (χ3n) is 11.4. The summed E-state index contributed by atoms with van der Waals surface area (Å²) in [6.07, 6.45) is 0.144. The molecular formula is C41H44F3N7O5. The Morgan fingerprint density at radius 1 is 0.929 bits per heavy atom. The third-order valence-corrected chi connectivity index (χ3v) is 11.4. The van der Waals surface area contributed by atoms with Gasteiger partial charge in [-0.25, -0.2) is 9.67 Å². The van der Waals surface area contributed by atoms with Gasteiger partial charge in [0.25, 0.3) is 5.91 Å². The Bertz CT molecular complexity index is 2050. The summed E-state index contributed by atoms with van der Waals surface area (Å²) in [4.78, 5) is 51.8. The molecule has 0 aliphatic carbocycles. The van der Waals surface area contributed by atoms with Crippen molar-refractivity contribution in [1.29, 1.82) is 0 Å². The average molecular weight is 772 g/mol. The largest absolute Gasteiger partial charge is 0.478 e. The lowest BCUT2D eigenvalue weighted by Gasteiger charge is -2.40. The van der Waals surface area contributed by atoms with E-state index in [1.165, 1.54) is 11.0 Å². The van der Waals surface area contributed by atoms with Crippen LogP contribution in [0.5, 0.6) is 5.88 Å². The number of nitrogens with zero attached hydrogens (tertiary/aromatic N) is 7. The van der Waals surface area contributed by atoms with E-state index in [0.717, 1.165) is 43.6 Å². The minimum Gasteiger partial charge on any atom is -0.478 e. The van der Waals surface area contributed by atoms with E-state index in [9.17, 15) is 27.6 Å². The van der Waals surface area contributed by atoms with Gasteiger partial charge in [0, 0.05) is 62.8 Å². The number of piperidine rings is 1. The molecule has 3 fully saturated rings. The van der Waals surface area contributed by atoms with Crippen molar-refractivity contribution in [2.24, 2.45) is 11.8 Å². The van der Waals surface area contributed by atoms with Gasteiger partial charge in [0.2, 0.25) is 17.7 Å². The van der Waals surface area contributed by atoms with Gasteiger partial charge in [-0.15, -0.1) is 5.10 Å². The number of alkyl halides is 3. The van der Waals surface area contributed by atoms with Gasteiger partial charge in [-0.1, -0.05) is 47.7 Å². The zero-order valence-corrected chi connectivity index (χ0v) is 30.9. The molecule has 4 aromatic rings. The summed E-state index contributed by atoms with van der Waals surface area (Å²) in [6.45, 7) is 3.05. The molecule has 56 heavy (non-hydrogen) atoms. The molecule has 0 N–H and O–H groups in total. The van der Waals surface area contributed by atoms with Crippen LogP contribution in [-0.2, 0) is 33.7 Å². The highest BCUT2D eigenvalue weighted by Gasteiger charge is 2.44. The van der Waals surface area contributed by atoms with Crippen LogP contribution in [-0.4, -0.2) is 104 Å². The number of aromatic nitrogens is 4. The van der Waals surface area contributed by atoms with Gasteiger partial charge in [-0.2, -0.15) is 13.2 Å². The van der Waals surface area contributed by atoms with E-state index in [1.54, 1.807) is 34.0 Å². The maximum atomic E-state index is 14.5. The second-order valence-corrected chi connectivity index (χ2v) is 15.2. The summed E-state index contributed by atoms with van der Waals surface area (Å²) in [7, 11) is 0. The Morgan fingerprint density at radius 2 is 1.73 bits per heavy atom. The van der Waals surface area contributed by atoms with Crippen LogP contribution in [0.2, 0.25) is 0 Å². The molecule has 4 atom stereocenters. The van der Waals surface area contributed by atoms with Gasteiger partial charge in [-0.05, 0) is 61.3 Å². The van der Waals surface area contributed by atoms with Crippen molar-refractivity contribution in [3.05, 3.63) is 95.3 Å². The van der Waals surface area contributed by atoms with E-state index >= 15 is 0 Å². The van der Waals surface area contributed by atoms with Crippen LogP contribution in [0.3, 0.4) is 0 Å². The number of carbonyl (C=O) groups is 3. The van der Waals surface area contributed by atoms with Crippen LogP contribution < -0.4 is 4.74 Å². The minimum absolute atomic E-state index is 0.00469.